The summed E-state index contributed by atoms with van der Waals surface area (Å²) in [4.78, 5) is 37.3. The third kappa shape index (κ3) is 9.08. The molecule has 0 radical (unpaired) electrons. The summed E-state index contributed by atoms with van der Waals surface area (Å²) in [6.07, 6.45) is 6.74. The number of unbranched alkanes of at least 4 members (excludes halogenated alkanes) is 1. The molecule has 8 heteroatoms. The fraction of sp³-hybridized carbons (Fsp3) is 0.880. The highest BCUT2D eigenvalue weighted by Crippen LogP contribution is 2.41. The van der Waals surface area contributed by atoms with E-state index in [1.54, 1.807) is 13.8 Å². The Morgan fingerprint density at radius 3 is 2.30 bits per heavy atom. The average Bonchev–Trinajstić information content (AvgIpc) is 3.60. The maximum absolute atomic E-state index is 13.4. The lowest BCUT2D eigenvalue weighted by Gasteiger charge is -2.35. The number of carbonyl (C=O) groups is 3. The van der Waals surface area contributed by atoms with E-state index >= 15 is 0 Å². The maximum atomic E-state index is 13.4. The summed E-state index contributed by atoms with van der Waals surface area (Å²) in [6.45, 7) is 8.40. The van der Waals surface area contributed by atoms with Crippen molar-refractivity contribution >= 4 is 29.5 Å². The monoisotopic (exact) mass is 488 g/mol. The van der Waals surface area contributed by atoms with Crippen molar-refractivity contribution in [3.8, 4) is 0 Å². The minimum atomic E-state index is -1.54. The van der Waals surface area contributed by atoms with Crippen LogP contribution in [0.5, 0.6) is 0 Å². The van der Waals surface area contributed by atoms with E-state index in [4.69, 9.17) is 30.5 Å². The number of ether oxygens (including phenoxy) is 4. The van der Waals surface area contributed by atoms with E-state index < -0.39 is 28.1 Å². The normalized spacial score (nSPS) is 21.5. The molecule has 7 nitrogen and oxygen atoms in total. The molecule has 0 aromatic rings. The van der Waals surface area contributed by atoms with Crippen LogP contribution in [-0.2, 0) is 33.3 Å². The Morgan fingerprint density at radius 2 is 1.73 bits per heavy atom. The maximum Gasteiger partial charge on any atom is 0.327 e. The molecule has 0 aromatic heterocycles. The first-order chi connectivity index (χ1) is 15.6. The lowest BCUT2D eigenvalue weighted by atomic mass is 9.78. The largest absolute Gasteiger partial charge is 0.465 e. The molecule has 33 heavy (non-hydrogen) atoms. The van der Waals surface area contributed by atoms with Crippen LogP contribution in [0.25, 0.3) is 0 Å². The molecule has 1 aliphatic heterocycles. The first-order valence-corrected chi connectivity index (χ1v) is 12.8. The molecule has 3 unspecified atom stereocenters. The third-order valence-electron chi connectivity index (χ3n) is 6.41. The van der Waals surface area contributed by atoms with Gasteiger partial charge < -0.3 is 18.9 Å². The molecular formula is C25H41ClO7. The Bertz CT molecular complexity index is 655. The molecule has 1 aliphatic carbocycles. The summed E-state index contributed by atoms with van der Waals surface area (Å²) in [6, 6.07) is 0. The summed E-state index contributed by atoms with van der Waals surface area (Å²) < 4.78 is 21.7. The number of epoxide rings is 1. The fourth-order valence-electron chi connectivity index (χ4n) is 4.19. The molecule has 1 saturated carbocycles. The summed E-state index contributed by atoms with van der Waals surface area (Å²) in [5.74, 6) is -1.95. The van der Waals surface area contributed by atoms with Gasteiger partial charge in [-0.3, -0.25) is 14.4 Å². The van der Waals surface area contributed by atoms with Crippen molar-refractivity contribution in [3.63, 3.8) is 0 Å². The van der Waals surface area contributed by atoms with Gasteiger partial charge in [0.2, 0.25) is 0 Å². The highest BCUT2D eigenvalue weighted by atomic mass is 35.5. The zero-order valence-corrected chi connectivity index (χ0v) is 21.4. The van der Waals surface area contributed by atoms with Gasteiger partial charge in [0.25, 0.3) is 0 Å². The van der Waals surface area contributed by atoms with E-state index in [1.807, 2.05) is 13.8 Å². The van der Waals surface area contributed by atoms with Crippen LogP contribution in [-0.4, -0.2) is 54.8 Å². The Hall–Kier alpha value is -1.34. The molecule has 2 rings (SSSR count). The predicted octanol–water partition coefficient (Wildman–Crippen LogP) is 4.96. The van der Waals surface area contributed by atoms with Gasteiger partial charge in [0.05, 0.1) is 24.5 Å². The first-order valence-electron chi connectivity index (χ1n) is 12.5. The van der Waals surface area contributed by atoms with Crippen molar-refractivity contribution in [2.24, 2.45) is 11.3 Å². The van der Waals surface area contributed by atoms with Crippen LogP contribution in [0.3, 0.4) is 0 Å². The number of rotatable bonds is 14. The highest BCUT2D eigenvalue weighted by Gasteiger charge is 2.49. The van der Waals surface area contributed by atoms with Gasteiger partial charge in [-0.05, 0) is 65.2 Å². The van der Waals surface area contributed by atoms with E-state index in [-0.39, 0.29) is 37.6 Å². The second-order valence-electron chi connectivity index (χ2n) is 10.1. The van der Waals surface area contributed by atoms with Crippen LogP contribution in [0.2, 0.25) is 0 Å². The molecular weight excluding hydrogens is 448 g/mol. The van der Waals surface area contributed by atoms with Crippen molar-refractivity contribution < 1.29 is 33.3 Å². The smallest absolute Gasteiger partial charge is 0.327 e. The molecule has 0 spiro atoms. The molecule has 0 aromatic carbocycles. The minimum absolute atomic E-state index is 0.00376. The highest BCUT2D eigenvalue weighted by molar-refractivity contribution is 6.34. The lowest BCUT2D eigenvalue weighted by Crippen LogP contribution is -2.45. The van der Waals surface area contributed by atoms with Crippen LogP contribution in [0.4, 0.5) is 0 Å². The van der Waals surface area contributed by atoms with Crippen LogP contribution in [0.15, 0.2) is 0 Å². The molecule has 0 bridgehead atoms. The number of carbonyl (C=O) groups excluding carboxylic acids is 3. The van der Waals surface area contributed by atoms with Crippen molar-refractivity contribution in [1.29, 1.82) is 0 Å². The molecule has 3 atom stereocenters. The van der Waals surface area contributed by atoms with Crippen LogP contribution in [0.1, 0.15) is 91.9 Å². The van der Waals surface area contributed by atoms with Crippen LogP contribution in [0, 0.1) is 11.3 Å². The zero-order chi connectivity index (χ0) is 24.5. The van der Waals surface area contributed by atoms with Crippen LogP contribution >= 0.6 is 11.6 Å². The average molecular weight is 489 g/mol. The SMILES string of the molecule is CCCCOC(=O)C(CC)CC(Cl)(CC(C)(C)C(=O)OCC1CO1)C(=O)OC1CCCCC1. The molecule has 0 N–H and O–H groups in total. The van der Waals surface area contributed by atoms with Gasteiger partial charge in [0.1, 0.15) is 23.7 Å². The fourth-order valence-corrected chi connectivity index (χ4v) is 4.75. The minimum Gasteiger partial charge on any atom is -0.465 e. The Kier molecular flexibility index (Phi) is 10.9. The Labute approximate surface area is 203 Å². The van der Waals surface area contributed by atoms with Gasteiger partial charge in [0.15, 0.2) is 0 Å². The second-order valence-corrected chi connectivity index (χ2v) is 10.8. The quantitative estimate of drug-likeness (QED) is 0.112. The lowest BCUT2D eigenvalue weighted by molar-refractivity contribution is -0.160. The summed E-state index contributed by atoms with van der Waals surface area (Å²) in [5, 5.41) is 0. The van der Waals surface area contributed by atoms with Crippen molar-refractivity contribution in [1.82, 2.24) is 0 Å². The Balaban J connectivity index is 2.14. The molecule has 0 amide bonds. The molecule has 1 saturated heterocycles. The predicted molar refractivity (Wildman–Crippen MR) is 125 cm³/mol. The first kappa shape index (κ1) is 27.9. The van der Waals surface area contributed by atoms with Gasteiger partial charge in [-0.25, -0.2) is 0 Å². The Morgan fingerprint density at radius 1 is 1.06 bits per heavy atom. The van der Waals surface area contributed by atoms with Gasteiger partial charge in [-0.2, -0.15) is 0 Å². The topological polar surface area (TPSA) is 91.4 Å². The van der Waals surface area contributed by atoms with Gasteiger partial charge in [-0.1, -0.05) is 26.7 Å². The number of halogens is 1. The summed E-state index contributed by atoms with van der Waals surface area (Å²) in [7, 11) is 0. The van der Waals surface area contributed by atoms with Crippen molar-refractivity contribution in [2.45, 2.75) is 109 Å². The third-order valence-corrected chi connectivity index (χ3v) is 6.85. The summed E-state index contributed by atoms with van der Waals surface area (Å²) in [5.41, 5.74) is -1.05. The molecule has 2 fully saturated rings. The van der Waals surface area contributed by atoms with Gasteiger partial charge in [-0.15, -0.1) is 11.6 Å². The van der Waals surface area contributed by atoms with E-state index in [0.29, 0.717) is 19.6 Å². The number of esters is 3. The second kappa shape index (κ2) is 12.9. The zero-order valence-electron chi connectivity index (χ0n) is 20.7. The van der Waals surface area contributed by atoms with E-state index in [9.17, 15) is 14.4 Å². The number of hydrogen-bond acceptors (Lipinski definition) is 7. The van der Waals surface area contributed by atoms with E-state index in [0.717, 1.165) is 44.9 Å². The van der Waals surface area contributed by atoms with E-state index in [1.165, 1.54) is 0 Å². The van der Waals surface area contributed by atoms with Crippen molar-refractivity contribution in [2.75, 3.05) is 19.8 Å². The molecule has 1 heterocycles. The van der Waals surface area contributed by atoms with Gasteiger partial charge in [0, 0.05) is 0 Å². The number of alkyl halides is 1. The standard InChI is InChI=1S/C25H41ClO7/c1-5-7-13-30-21(27)18(6-2)14-25(26,23(29)33-19-11-9-8-10-12-19)17-24(3,4)22(28)32-16-20-15-31-20/h18-20H,5-17H2,1-4H3. The van der Waals surface area contributed by atoms with Crippen LogP contribution < -0.4 is 0 Å². The van der Waals surface area contributed by atoms with Crippen molar-refractivity contribution in [3.05, 3.63) is 0 Å². The molecule has 190 valence electrons. The number of hydrogen-bond donors (Lipinski definition) is 0. The van der Waals surface area contributed by atoms with E-state index in [2.05, 4.69) is 0 Å². The summed E-state index contributed by atoms with van der Waals surface area (Å²) >= 11 is 6.98. The molecule has 2 aliphatic rings. The van der Waals surface area contributed by atoms with Gasteiger partial charge >= 0.3 is 17.9 Å².